The Hall–Kier alpha value is -1.53. The van der Waals surface area contributed by atoms with E-state index in [4.69, 9.17) is 10.5 Å². The Morgan fingerprint density at radius 1 is 1.38 bits per heavy atom. The van der Waals surface area contributed by atoms with Gasteiger partial charge in [-0.2, -0.15) is 4.98 Å². The number of fused-ring (bicyclic) bond motifs is 1. The topological polar surface area (TPSA) is 73.9 Å². The molecule has 0 amide bonds. The van der Waals surface area contributed by atoms with Crippen LogP contribution < -0.4 is 5.73 Å². The van der Waals surface area contributed by atoms with Crippen molar-refractivity contribution >= 4 is 32.5 Å². The molecule has 0 aliphatic carbocycles. The highest BCUT2D eigenvalue weighted by atomic mass is 32.1. The summed E-state index contributed by atoms with van der Waals surface area (Å²) in [6.45, 7) is 1.39. The number of ether oxygens (including phenoxy) is 1. The molecule has 1 aliphatic rings. The van der Waals surface area contributed by atoms with Gasteiger partial charge in [0.15, 0.2) is 15.6 Å². The van der Waals surface area contributed by atoms with Crippen molar-refractivity contribution in [2.75, 3.05) is 18.9 Å². The Morgan fingerprint density at radius 2 is 2.31 bits per heavy atom. The molecule has 2 aromatic rings. The van der Waals surface area contributed by atoms with E-state index < -0.39 is 0 Å². The number of hydrogen-bond donors (Lipinski definition) is 1. The fourth-order valence-electron chi connectivity index (χ4n) is 1.63. The lowest BCUT2D eigenvalue weighted by Gasteiger charge is -2.12. The number of hydrogen-bond acceptors (Lipinski definition) is 6. The summed E-state index contributed by atoms with van der Waals surface area (Å²) in [7, 11) is 0. The molecule has 0 bridgehead atoms. The van der Waals surface area contributed by atoms with E-state index >= 15 is 0 Å². The van der Waals surface area contributed by atoms with Crippen LogP contribution in [0.3, 0.4) is 0 Å². The lowest BCUT2D eigenvalue weighted by molar-refractivity contribution is 0.164. The first-order chi connectivity index (χ1) is 7.83. The predicted octanol–water partition coefficient (Wildman–Crippen LogP) is 1.47. The van der Waals surface area contributed by atoms with E-state index in [1.807, 2.05) is 0 Å². The molecule has 0 spiro atoms. The lowest BCUT2D eigenvalue weighted by atomic mass is 10.1. The van der Waals surface area contributed by atoms with Crippen molar-refractivity contribution in [1.82, 2.24) is 15.0 Å². The van der Waals surface area contributed by atoms with Crippen molar-refractivity contribution in [2.45, 2.75) is 6.42 Å². The molecular formula is C10H10N4OS. The number of nitrogens with zero attached hydrogens (tertiary/aromatic N) is 3. The van der Waals surface area contributed by atoms with Gasteiger partial charge >= 0.3 is 0 Å². The minimum absolute atomic E-state index is 0.501. The normalized spacial score (nSPS) is 16.4. The third kappa shape index (κ3) is 1.66. The van der Waals surface area contributed by atoms with Gasteiger partial charge in [0, 0.05) is 5.57 Å². The van der Waals surface area contributed by atoms with E-state index in [1.54, 1.807) is 6.20 Å². The molecule has 3 rings (SSSR count). The number of rotatable bonds is 1. The highest BCUT2D eigenvalue weighted by Gasteiger charge is 2.11. The summed E-state index contributed by atoms with van der Waals surface area (Å²) >= 11 is 1.36. The predicted molar refractivity (Wildman–Crippen MR) is 63.0 cm³/mol. The van der Waals surface area contributed by atoms with E-state index in [0.29, 0.717) is 17.4 Å². The largest absolute Gasteiger partial charge is 0.376 e. The van der Waals surface area contributed by atoms with Gasteiger partial charge in [-0.3, -0.25) is 0 Å². The monoisotopic (exact) mass is 234 g/mol. The lowest BCUT2D eigenvalue weighted by Crippen LogP contribution is -2.06. The van der Waals surface area contributed by atoms with Crippen LogP contribution in [0.1, 0.15) is 12.1 Å². The van der Waals surface area contributed by atoms with Gasteiger partial charge in [-0.05, 0) is 6.42 Å². The molecule has 0 aromatic carbocycles. The average Bonchev–Trinajstić information content (AvgIpc) is 2.69. The summed E-state index contributed by atoms with van der Waals surface area (Å²) in [5.74, 6) is 0. The number of aromatic nitrogens is 3. The second-order valence-corrected chi connectivity index (χ2v) is 4.52. The van der Waals surface area contributed by atoms with Crippen LogP contribution in [-0.2, 0) is 4.74 Å². The summed E-state index contributed by atoms with van der Waals surface area (Å²) in [6, 6.07) is 0. The van der Waals surface area contributed by atoms with Gasteiger partial charge in [0.25, 0.3) is 0 Å². The minimum atomic E-state index is 0.501. The maximum atomic E-state index is 5.61. The highest BCUT2D eigenvalue weighted by molar-refractivity contribution is 7.21. The molecule has 16 heavy (non-hydrogen) atoms. The van der Waals surface area contributed by atoms with E-state index in [0.717, 1.165) is 29.1 Å². The molecule has 0 fully saturated rings. The van der Waals surface area contributed by atoms with Crippen LogP contribution in [0.15, 0.2) is 12.3 Å². The molecule has 82 valence electrons. The Labute approximate surface area is 96.0 Å². The first-order valence-electron chi connectivity index (χ1n) is 4.99. The molecule has 3 heterocycles. The van der Waals surface area contributed by atoms with E-state index in [9.17, 15) is 0 Å². The molecule has 0 saturated heterocycles. The summed E-state index contributed by atoms with van der Waals surface area (Å²) in [5.41, 5.74) is 8.17. The quantitative estimate of drug-likeness (QED) is 0.808. The van der Waals surface area contributed by atoms with Crippen LogP contribution in [0.5, 0.6) is 0 Å². The molecule has 2 N–H and O–H groups in total. The smallest absolute Gasteiger partial charge is 0.191 e. The summed E-state index contributed by atoms with van der Waals surface area (Å²) in [4.78, 5) is 13.6. The molecule has 6 heteroatoms. The molecular weight excluding hydrogens is 224 g/mol. The summed E-state index contributed by atoms with van der Waals surface area (Å²) in [6.07, 6.45) is 4.80. The number of thiazole rings is 1. The van der Waals surface area contributed by atoms with Crippen molar-refractivity contribution in [3.8, 4) is 0 Å². The van der Waals surface area contributed by atoms with E-state index in [-0.39, 0.29) is 0 Å². The first kappa shape index (κ1) is 9.68. The standard InChI is InChI=1S/C10H10N4OS/c11-10-14-8-9(16-10)13-7(4-12-8)6-2-1-3-15-5-6/h2,4H,1,3,5H2,(H2,11,12,14). The zero-order chi connectivity index (χ0) is 11.0. The zero-order valence-corrected chi connectivity index (χ0v) is 9.33. The van der Waals surface area contributed by atoms with Crippen molar-refractivity contribution in [1.29, 1.82) is 0 Å². The van der Waals surface area contributed by atoms with Gasteiger partial charge in [0.05, 0.1) is 25.1 Å². The van der Waals surface area contributed by atoms with Crippen molar-refractivity contribution in [3.63, 3.8) is 0 Å². The van der Waals surface area contributed by atoms with Crippen molar-refractivity contribution in [2.24, 2.45) is 0 Å². The Kier molecular flexibility index (Phi) is 2.30. The van der Waals surface area contributed by atoms with Gasteiger partial charge < -0.3 is 10.5 Å². The van der Waals surface area contributed by atoms with Gasteiger partial charge in [-0.25, -0.2) is 9.97 Å². The third-order valence-corrected chi connectivity index (χ3v) is 3.15. The Morgan fingerprint density at radius 3 is 3.12 bits per heavy atom. The molecule has 0 saturated carbocycles. The zero-order valence-electron chi connectivity index (χ0n) is 8.51. The van der Waals surface area contributed by atoms with Gasteiger partial charge in [-0.15, -0.1) is 0 Å². The van der Waals surface area contributed by atoms with Crippen LogP contribution >= 0.6 is 11.3 Å². The van der Waals surface area contributed by atoms with Crippen LogP contribution in [0.2, 0.25) is 0 Å². The maximum absolute atomic E-state index is 5.61. The van der Waals surface area contributed by atoms with Crippen LogP contribution in [0, 0.1) is 0 Å². The Bertz CT molecular complexity index is 563. The molecule has 2 aromatic heterocycles. The highest BCUT2D eigenvalue weighted by Crippen LogP contribution is 2.23. The third-order valence-electron chi connectivity index (χ3n) is 2.38. The fourth-order valence-corrected chi connectivity index (χ4v) is 2.29. The van der Waals surface area contributed by atoms with Crippen LogP contribution in [0.4, 0.5) is 5.13 Å². The van der Waals surface area contributed by atoms with Crippen LogP contribution in [0.25, 0.3) is 16.1 Å². The van der Waals surface area contributed by atoms with E-state index in [1.165, 1.54) is 11.3 Å². The SMILES string of the molecule is Nc1nc2ncc(C3=CCCOC3)nc2s1. The van der Waals surface area contributed by atoms with Crippen molar-refractivity contribution < 1.29 is 4.74 Å². The molecule has 0 radical (unpaired) electrons. The second-order valence-electron chi connectivity index (χ2n) is 3.51. The second kappa shape index (κ2) is 3.80. The first-order valence-corrected chi connectivity index (χ1v) is 5.81. The van der Waals surface area contributed by atoms with Gasteiger partial charge in [0.1, 0.15) is 0 Å². The summed E-state index contributed by atoms with van der Waals surface area (Å²) < 4.78 is 5.38. The minimum Gasteiger partial charge on any atom is -0.376 e. The van der Waals surface area contributed by atoms with Crippen molar-refractivity contribution in [3.05, 3.63) is 18.0 Å². The molecule has 0 unspecified atom stereocenters. The summed E-state index contributed by atoms with van der Waals surface area (Å²) in [5, 5.41) is 0.501. The number of anilines is 1. The molecule has 1 aliphatic heterocycles. The van der Waals surface area contributed by atoms with Gasteiger partial charge in [0.2, 0.25) is 0 Å². The van der Waals surface area contributed by atoms with Gasteiger partial charge in [-0.1, -0.05) is 17.4 Å². The Balaban J connectivity index is 2.07. The molecule has 0 atom stereocenters. The molecule has 5 nitrogen and oxygen atoms in total. The van der Waals surface area contributed by atoms with Crippen LogP contribution in [-0.4, -0.2) is 28.2 Å². The number of nitrogen functional groups attached to an aromatic ring is 1. The number of nitrogens with two attached hydrogens (primary N) is 1. The maximum Gasteiger partial charge on any atom is 0.191 e. The fraction of sp³-hybridized carbons (Fsp3) is 0.300. The van der Waals surface area contributed by atoms with E-state index in [2.05, 4.69) is 21.0 Å². The average molecular weight is 234 g/mol.